The zero-order valence-electron chi connectivity index (χ0n) is 13.8. The molecule has 0 saturated carbocycles. The van der Waals surface area contributed by atoms with Crippen LogP contribution in [0.25, 0.3) is 0 Å². The number of aliphatic hydroxyl groups excluding tert-OH is 2. The molecule has 0 aliphatic carbocycles. The van der Waals surface area contributed by atoms with E-state index in [1.807, 2.05) is 0 Å². The molecule has 1 aliphatic heterocycles. The zero-order chi connectivity index (χ0) is 18.6. The molecule has 1 aromatic heterocycles. The van der Waals surface area contributed by atoms with Gasteiger partial charge in [-0.3, -0.25) is 9.36 Å². The first-order chi connectivity index (χ1) is 11.9. The Morgan fingerprint density at radius 3 is 2.92 bits per heavy atom. The quantitative estimate of drug-likeness (QED) is 0.337. The minimum atomic E-state index is -1.23. The summed E-state index contributed by atoms with van der Waals surface area (Å²) in [6.45, 7) is 1.38. The van der Waals surface area contributed by atoms with E-state index < -0.39 is 42.7 Å². The van der Waals surface area contributed by atoms with Crippen LogP contribution in [0.3, 0.4) is 0 Å². The summed E-state index contributed by atoms with van der Waals surface area (Å²) in [5, 5.41) is 22.1. The molecular formula is C14H23N5O6. The molecule has 4 atom stereocenters. The van der Waals surface area contributed by atoms with Crippen molar-refractivity contribution < 1.29 is 24.5 Å². The number of ether oxygens (including phenoxy) is 2. The molecule has 1 saturated heterocycles. The van der Waals surface area contributed by atoms with Gasteiger partial charge in [-0.05, 0) is 6.92 Å². The second-order valence-corrected chi connectivity index (χ2v) is 5.65. The number of hydrogen-bond donors (Lipinski definition) is 5. The lowest BCUT2D eigenvalue weighted by atomic mass is 10.1. The number of aliphatic hydroxyl groups is 2. The number of aromatic nitrogens is 2. The van der Waals surface area contributed by atoms with Crippen LogP contribution in [0, 0.1) is 6.92 Å². The molecule has 11 heteroatoms. The Morgan fingerprint density at radius 2 is 2.28 bits per heavy atom. The van der Waals surface area contributed by atoms with Gasteiger partial charge in [-0.2, -0.15) is 4.98 Å². The Labute approximate surface area is 143 Å². The van der Waals surface area contributed by atoms with Crippen molar-refractivity contribution in [1.29, 1.82) is 0 Å². The summed E-state index contributed by atoms with van der Waals surface area (Å²) in [6.07, 6.45) is -2.89. The highest BCUT2D eigenvalue weighted by Crippen LogP contribution is 2.31. The van der Waals surface area contributed by atoms with Crippen molar-refractivity contribution in [2.75, 3.05) is 32.0 Å². The van der Waals surface area contributed by atoms with E-state index in [2.05, 4.69) is 10.3 Å². The van der Waals surface area contributed by atoms with Crippen LogP contribution >= 0.6 is 0 Å². The molecule has 25 heavy (non-hydrogen) atoms. The molecule has 2 heterocycles. The Hall–Kier alpha value is -2.05. The van der Waals surface area contributed by atoms with Crippen molar-refractivity contribution in [3.63, 3.8) is 0 Å². The summed E-state index contributed by atoms with van der Waals surface area (Å²) in [6, 6.07) is 0. The number of carbonyl (C=O) groups is 1. The normalized spacial score (nSPS) is 25.9. The SMILES string of the molecule is Cc1cn([C@@H]2O[C@H](CO)[C@@H](O)[C@H]2OCC(=O)NCCN)c(=O)nc1N. The number of amides is 1. The average Bonchev–Trinajstić information content (AvgIpc) is 2.90. The average molecular weight is 357 g/mol. The van der Waals surface area contributed by atoms with E-state index in [9.17, 15) is 19.8 Å². The molecule has 1 amide bonds. The number of hydrogen-bond acceptors (Lipinski definition) is 9. The fourth-order valence-electron chi connectivity index (χ4n) is 2.47. The molecule has 7 N–H and O–H groups in total. The van der Waals surface area contributed by atoms with Gasteiger partial charge in [0.15, 0.2) is 6.23 Å². The second-order valence-electron chi connectivity index (χ2n) is 5.65. The van der Waals surface area contributed by atoms with Crippen molar-refractivity contribution in [3.05, 3.63) is 22.2 Å². The van der Waals surface area contributed by atoms with Crippen molar-refractivity contribution in [2.24, 2.45) is 5.73 Å². The minimum Gasteiger partial charge on any atom is -0.394 e. The third-order valence-corrected chi connectivity index (χ3v) is 3.81. The number of nitrogens with zero attached hydrogens (tertiary/aromatic N) is 2. The Balaban J connectivity index is 2.20. The van der Waals surface area contributed by atoms with E-state index >= 15 is 0 Å². The maximum absolute atomic E-state index is 12.1. The first kappa shape index (κ1) is 19.3. The number of nitrogens with one attached hydrogen (secondary N) is 1. The summed E-state index contributed by atoms with van der Waals surface area (Å²) in [5.41, 5.74) is 10.7. The van der Waals surface area contributed by atoms with E-state index in [0.29, 0.717) is 5.56 Å². The first-order valence-corrected chi connectivity index (χ1v) is 7.77. The number of anilines is 1. The van der Waals surface area contributed by atoms with Crippen LogP contribution in [0.1, 0.15) is 11.8 Å². The van der Waals surface area contributed by atoms with Crippen molar-refractivity contribution in [2.45, 2.75) is 31.5 Å². The molecule has 1 fully saturated rings. The molecule has 0 spiro atoms. The Morgan fingerprint density at radius 1 is 1.56 bits per heavy atom. The standard InChI is InChI=1S/C14H23N5O6/c1-7-4-19(14(23)18-12(7)16)13-11(10(22)8(5-20)25-13)24-6-9(21)17-3-2-15/h4,8,10-11,13,20,22H,2-3,5-6,15H2,1H3,(H,17,21)(H2,16,18,23)/t8-,10-,11-,13-/m1/s1. The molecular weight excluding hydrogens is 334 g/mol. The zero-order valence-corrected chi connectivity index (χ0v) is 13.8. The number of carbonyl (C=O) groups excluding carboxylic acids is 1. The van der Waals surface area contributed by atoms with Crippen LogP contribution in [0.15, 0.2) is 11.0 Å². The van der Waals surface area contributed by atoms with E-state index in [4.69, 9.17) is 20.9 Å². The van der Waals surface area contributed by atoms with Crippen molar-refractivity contribution in [3.8, 4) is 0 Å². The highest BCUT2D eigenvalue weighted by atomic mass is 16.6. The van der Waals surface area contributed by atoms with Crippen LogP contribution in [0.2, 0.25) is 0 Å². The summed E-state index contributed by atoms with van der Waals surface area (Å²) >= 11 is 0. The highest BCUT2D eigenvalue weighted by molar-refractivity contribution is 5.77. The number of nitrogen functional groups attached to an aromatic ring is 1. The molecule has 0 aromatic carbocycles. The lowest BCUT2D eigenvalue weighted by molar-refractivity contribution is -0.133. The van der Waals surface area contributed by atoms with Gasteiger partial charge in [0.25, 0.3) is 0 Å². The summed E-state index contributed by atoms with van der Waals surface area (Å²) in [7, 11) is 0. The van der Waals surface area contributed by atoms with Gasteiger partial charge in [0, 0.05) is 24.8 Å². The van der Waals surface area contributed by atoms with Crippen LogP contribution < -0.4 is 22.5 Å². The monoisotopic (exact) mass is 357 g/mol. The molecule has 0 unspecified atom stereocenters. The predicted molar refractivity (Wildman–Crippen MR) is 86.5 cm³/mol. The third-order valence-electron chi connectivity index (χ3n) is 3.81. The van der Waals surface area contributed by atoms with Gasteiger partial charge in [0.05, 0.1) is 6.61 Å². The Kier molecular flexibility index (Phi) is 6.45. The molecule has 11 nitrogen and oxygen atoms in total. The molecule has 2 rings (SSSR count). The van der Waals surface area contributed by atoms with Gasteiger partial charge in [-0.15, -0.1) is 0 Å². The van der Waals surface area contributed by atoms with E-state index in [-0.39, 0.29) is 25.5 Å². The smallest absolute Gasteiger partial charge is 0.351 e. The highest BCUT2D eigenvalue weighted by Gasteiger charge is 2.46. The molecule has 140 valence electrons. The van der Waals surface area contributed by atoms with E-state index in [1.54, 1.807) is 6.92 Å². The van der Waals surface area contributed by atoms with Gasteiger partial charge in [0.2, 0.25) is 5.91 Å². The predicted octanol–water partition coefficient (Wildman–Crippen LogP) is -3.16. The minimum absolute atomic E-state index is 0.0807. The molecule has 0 radical (unpaired) electrons. The summed E-state index contributed by atoms with van der Waals surface area (Å²) in [5.74, 6) is -0.347. The van der Waals surface area contributed by atoms with Gasteiger partial charge < -0.3 is 36.5 Å². The van der Waals surface area contributed by atoms with Gasteiger partial charge in [0.1, 0.15) is 30.7 Å². The van der Waals surface area contributed by atoms with Crippen molar-refractivity contribution >= 4 is 11.7 Å². The number of nitrogens with two attached hydrogens (primary N) is 2. The summed E-state index contributed by atoms with van der Waals surface area (Å²) < 4.78 is 12.1. The van der Waals surface area contributed by atoms with E-state index in [0.717, 1.165) is 4.57 Å². The Bertz CT molecular complexity index is 666. The van der Waals surface area contributed by atoms with Gasteiger partial charge >= 0.3 is 5.69 Å². The lowest BCUT2D eigenvalue weighted by Crippen LogP contribution is -2.41. The first-order valence-electron chi connectivity index (χ1n) is 7.77. The van der Waals surface area contributed by atoms with Crippen LogP contribution in [0.4, 0.5) is 5.82 Å². The van der Waals surface area contributed by atoms with Crippen LogP contribution in [-0.4, -0.2) is 70.3 Å². The van der Waals surface area contributed by atoms with Gasteiger partial charge in [-0.25, -0.2) is 4.79 Å². The third kappa shape index (κ3) is 4.32. The number of rotatable bonds is 7. The van der Waals surface area contributed by atoms with E-state index in [1.165, 1.54) is 6.20 Å². The maximum Gasteiger partial charge on any atom is 0.351 e. The summed E-state index contributed by atoms with van der Waals surface area (Å²) in [4.78, 5) is 27.4. The van der Waals surface area contributed by atoms with Gasteiger partial charge in [-0.1, -0.05) is 0 Å². The fraction of sp³-hybridized carbons (Fsp3) is 0.643. The lowest BCUT2D eigenvalue weighted by Gasteiger charge is -2.22. The number of aryl methyl sites for hydroxylation is 1. The molecule has 0 bridgehead atoms. The second kappa shape index (κ2) is 8.36. The molecule has 1 aromatic rings. The largest absolute Gasteiger partial charge is 0.394 e. The maximum atomic E-state index is 12.1. The van der Waals surface area contributed by atoms with Crippen molar-refractivity contribution in [1.82, 2.24) is 14.9 Å². The fourth-order valence-corrected chi connectivity index (χ4v) is 2.47. The molecule has 1 aliphatic rings. The van der Waals surface area contributed by atoms with Crippen LogP contribution in [-0.2, 0) is 14.3 Å². The van der Waals surface area contributed by atoms with Crippen LogP contribution in [0.5, 0.6) is 0 Å². The topological polar surface area (TPSA) is 175 Å².